The standard InChI is InChI=1S/C9H13.3C6H11O.Hf/c1-2-3-6-9-7-4-5-8-9;3*1-4-5-6(2,3)7;/h4,7H,2-3,5-6H2,1H3;3*4H,1,5H2,2-3H3;/q4*-1;+4. The molecule has 31 heavy (non-hydrogen) atoms. The van der Waals surface area contributed by atoms with Gasteiger partial charge >= 0.3 is 25.8 Å². The van der Waals surface area contributed by atoms with E-state index in [4.69, 9.17) is 0 Å². The van der Waals surface area contributed by atoms with Gasteiger partial charge in [-0.05, 0) is 19.3 Å². The number of unbranched alkanes of at least 4 members (excludes halogenated alkanes) is 1. The summed E-state index contributed by atoms with van der Waals surface area (Å²) in [4.78, 5) is 0. The van der Waals surface area contributed by atoms with Gasteiger partial charge in [0, 0.05) is 0 Å². The van der Waals surface area contributed by atoms with Crippen LogP contribution in [-0.4, -0.2) is 16.8 Å². The fourth-order valence-corrected chi connectivity index (χ4v) is 2.03. The predicted molar refractivity (Wildman–Crippen MR) is 127 cm³/mol. The molecular formula is C27H46HfO3. The van der Waals surface area contributed by atoms with Gasteiger partial charge in [0.05, 0.1) is 0 Å². The Morgan fingerprint density at radius 1 is 0.839 bits per heavy atom. The summed E-state index contributed by atoms with van der Waals surface area (Å²) in [6.45, 7) is 22.4. The van der Waals surface area contributed by atoms with Crippen molar-refractivity contribution in [2.75, 3.05) is 0 Å². The molecule has 0 spiro atoms. The molecule has 176 valence electrons. The van der Waals surface area contributed by atoms with Crippen molar-refractivity contribution in [1.29, 1.82) is 0 Å². The van der Waals surface area contributed by atoms with Gasteiger partial charge in [-0.15, -0.1) is 43.0 Å². The van der Waals surface area contributed by atoms with E-state index >= 15 is 0 Å². The third kappa shape index (κ3) is 44.0. The minimum absolute atomic E-state index is 0. The molecule has 0 heterocycles. The van der Waals surface area contributed by atoms with Crippen molar-refractivity contribution in [3.8, 4) is 0 Å². The average molecular weight is 597 g/mol. The molecule has 4 heteroatoms. The molecule has 3 nitrogen and oxygen atoms in total. The van der Waals surface area contributed by atoms with E-state index in [0.29, 0.717) is 19.3 Å². The van der Waals surface area contributed by atoms with Gasteiger partial charge in [-0.1, -0.05) is 86.0 Å². The van der Waals surface area contributed by atoms with Crippen LogP contribution in [0.2, 0.25) is 0 Å². The molecular weight excluding hydrogens is 551 g/mol. The van der Waals surface area contributed by atoms with Crippen LogP contribution in [0.5, 0.6) is 0 Å². The summed E-state index contributed by atoms with van der Waals surface area (Å²) in [5, 5.41) is 31.9. The second kappa shape index (κ2) is 21.3. The van der Waals surface area contributed by atoms with Crippen LogP contribution in [-0.2, 0) is 25.8 Å². The summed E-state index contributed by atoms with van der Waals surface area (Å²) in [6.07, 6.45) is 19.1. The third-order valence-electron chi connectivity index (χ3n) is 3.47. The van der Waals surface area contributed by atoms with Crippen molar-refractivity contribution in [3.05, 3.63) is 61.8 Å². The fraction of sp³-hybridized carbons (Fsp3) is 0.630. The van der Waals surface area contributed by atoms with E-state index in [1.807, 2.05) is 0 Å². The predicted octanol–water partition coefficient (Wildman–Crippen LogP) is 4.97. The number of hydrogen-bond donors (Lipinski definition) is 0. The van der Waals surface area contributed by atoms with Gasteiger partial charge in [0.15, 0.2) is 0 Å². The largest absolute Gasteiger partial charge is 4.00 e. The first-order chi connectivity index (χ1) is 13.6. The third-order valence-corrected chi connectivity index (χ3v) is 3.47. The second-order valence-electron chi connectivity index (χ2n) is 9.17. The van der Waals surface area contributed by atoms with Gasteiger partial charge in [0.25, 0.3) is 0 Å². The van der Waals surface area contributed by atoms with E-state index in [9.17, 15) is 15.3 Å². The smallest absolute Gasteiger partial charge is 0.850 e. The Hall–Kier alpha value is -0.550. The van der Waals surface area contributed by atoms with Gasteiger partial charge in [-0.25, -0.2) is 11.6 Å². The van der Waals surface area contributed by atoms with E-state index in [0.717, 1.165) is 6.42 Å². The van der Waals surface area contributed by atoms with Crippen LogP contribution >= 0.6 is 0 Å². The number of hydrogen-bond acceptors (Lipinski definition) is 3. The molecule has 1 aliphatic rings. The topological polar surface area (TPSA) is 69.2 Å². The molecule has 0 aromatic heterocycles. The molecule has 0 fully saturated rings. The minimum atomic E-state index is -0.818. The molecule has 0 bridgehead atoms. The van der Waals surface area contributed by atoms with Gasteiger partial charge in [-0.2, -0.15) is 6.08 Å². The molecule has 0 atom stereocenters. The van der Waals surface area contributed by atoms with Crippen molar-refractivity contribution in [2.24, 2.45) is 0 Å². The second-order valence-corrected chi connectivity index (χ2v) is 9.17. The quantitative estimate of drug-likeness (QED) is 0.214. The summed E-state index contributed by atoms with van der Waals surface area (Å²) in [5.74, 6) is 0. The molecule has 0 saturated heterocycles. The molecule has 1 aliphatic carbocycles. The normalized spacial score (nSPS) is 12.4. The van der Waals surface area contributed by atoms with E-state index in [1.165, 1.54) is 24.8 Å². The Labute approximate surface area is 212 Å². The molecule has 0 aliphatic heterocycles. The van der Waals surface area contributed by atoms with Crippen LogP contribution in [0.3, 0.4) is 0 Å². The molecule has 0 radical (unpaired) electrons. The molecule has 0 amide bonds. The summed E-state index contributed by atoms with van der Waals surface area (Å²) in [6, 6.07) is 0. The average Bonchev–Trinajstić information content (AvgIpc) is 3.04. The molecule has 1 rings (SSSR count). The van der Waals surface area contributed by atoms with Crippen LogP contribution in [0.4, 0.5) is 0 Å². The zero-order chi connectivity index (χ0) is 24.3. The summed E-state index contributed by atoms with van der Waals surface area (Å²) in [5.41, 5.74) is -1.04. The van der Waals surface area contributed by atoms with E-state index in [2.05, 4.69) is 44.9 Å². The Morgan fingerprint density at radius 3 is 1.35 bits per heavy atom. The molecule has 0 N–H and O–H groups in total. The fourth-order valence-electron chi connectivity index (χ4n) is 2.03. The van der Waals surface area contributed by atoms with Crippen LogP contribution in [0.1, 0.15) is 93.4 Å². The molecule has 0 aromatic rings. The maximum absolute atomic E-state index is 10.6. The van der Waals surface area contributed by atoms with Gasteiger partial charge in [0.1, 0.15) is 0 Å². The Kier molecular flexibility index (Phi) is 25.9. The zero-order valence-electron chi connectivity index (χ0n) is 21.2. The first-order valence-corrected chi connectivity index (χ1v) is 10.8. The van der Waals surface area contributed by atoms with Crippen molar-refractivity contribution >= 4 is 0 Å². The SMILES string of the molecule is C=CCC(C)(C)[O-].C=CCC(C)(C)[O-].C=CCC(C)(C)[O-].CCCCC1=[C-]CC=C1.[Hf+4]. The van der Waals surface area contributed by atoms with E-state index in [-0.39, 0.29) is 25.8 Å². The van der Waals surface area contributed by atoms with Crippen molar-refractivity contribution in [2.45, 2.75) is 110 Å². The summed E-state index contributed by atoms with van der Waals surface area (Å²) < 4.78 is 0. The van der Waals surface area contributed by atoms with Crippen LogP contribution in [0.25, 0.3) is 0 Å². The van der Waals surface area contributed by atoms with Gasteiger partial charge < -0.3 is 15.3 Å². The van der Waals surface area contributed by atoms with Gasteiger partial charge in [0.2, 0.25) is 0 Å². The maximum atomic E-state index is 10.6. The van der Waals surface area contributed by atoms with Crippen LogP contribution in [0, 0.1) is 6.08 Å². The van der Waals surface area contributed by atoms with E-state index in [1.54, 1.807) is 59.8 Å². The Bertz CT molecular complexity index is 450. The van der Waals surface area contributed by atoms with Crippen molar-refractivity contribution in [3.63, 3.8) is 0 Å². The van der Waals surface area contributed by atoms with Crippen molar-refractivity contribution < 1.29 is 41.2 Å². The zero-order valence-corrected chi connectivity index (χ0v) is 24.8. The van der Waals surface area contributed by atoms with E-state index < -0.39 is 16.8 Å². The van der Waals surface area contributed by atoms with Crippen LogP contribution in [0.15, 0.2) is 55.7 Å². The van der Waals surface area contributed by atoms with Crippen LogP contribution < -0.4 is 15.3 Å². The van der Waals surface area contributed by atoms with Crippen molar-refractivity contribution in [1.82, 2.24) is 0 Å². The first-order valence-electron chi connectivity index (χ1n) is 10.8. The number of rotatable bonds is 9. The molecule has 0 aromatic carbocycles. The monoisotopic (exact) mass is 598 g/mol. The molecule has 0 unspecified atom stereocenters. The molecule has 0 saturated carbocycles. The summed E-state index contributed by atoms with van der Waals surface area (Å²) in [7, 11) is 0. The Balaban J connectivity index is -0.000000156. The number of allylic oxidation sites excluding steroid dienone is 4. The minimum Gasteiger partial charge on any atom is -0.850 e. The Morgan fingerprint density at radius 2 is 1.19 bits per heavy atom. The maximum Gasteiger partial charge on any atom is 4.00 e. The summed E-state index contributed by atoms with van der Waals surface area (Å²) >= 11 is 0. The first kappa shape index (κ1) is 37.7. The van der Waals surface area contributed by atoms with Gasteiger partial charge in [-0.3, -0.25) is 6.08 Å².